The van der Waals surface area contributed by atoms with Gasteiger partial charge in [-0.25, -0.2) is 21.6 Å². The molecule has 3 aromatic carbocycles. The molecule has 0 aliphatic heterocycles. The molecule has 0 saturated carbocycles. The van der Waals surface area contributed by atoms with Crippen molar-refractivity contribution >= 4 is 31.6 Å². The lowest BCUT2D eigenvalue weighted by Gasteiger charge is -2.11. The first kappa shape index (κ1) is 24.3. The lowest BCUT2D eigenvalue weighted by molar-refractivity contribution is 0.0981. The highest BCUT2D eigenvalue weighted by atomic mass is 32.2. The Balaban J connectivity index is 1.67. The highest BCUT2D eigenvalue weighted by molar-refractivity contribution is 7.92. The Labute approximate surface area is 193 Å². The summed E-state index contributed by atoms with van der Waals surface area (Å²) in [7, 11) is -8.01. The summed E-state index contributed by atoms with van der Waals surface area (Å²) in [4.78, 5) is 12.0. The van der Waals surface area contributed by atoms with E-state index < -0.39 is 26.0 Å². The van der Waals surface area contributed by atoms with Crippen molar-refractivity contribution in [3.63, 3.8) is 0 Å². The fourth-order valence-corrected chi connectivity index (χ4v) is 4.83. The maximum atomic E-state index is 12.6. The summed E-state index contributed by atoms with van der Waals surface area (Å²) in [6.45, 7) is 2.61. The number of benzene rings is 3. The summed E-state index contributed by atoms with van der Waals surface area (Å²) in [5, 5.41) is 0. The number of hydrogen-bond donors (Lipinski definition) is 2. The first-order valence-corrected chi connectivity index (χ1v) is 13.2. The van der Waals surface area contributed by atoms with Gasteiger partial charge in [-0.15, -0.1) is 0 Å². The smallest absolute Gasteiger partial charge is 0.264 e. The quantitative estimate of drug-likeness (QED) is 0.419. The minimum absolute atomic E-state index is 0.0390. The zero-order valence-corrected chi connectivity index (χ0v) is 19.5. The van der Waals surface area contributed by atoms with Gasteiger partial charge in [-0.2, -0.15) is 0 Å². The van der Waals surface area contributed by atoms with Gasteiger partial charge in [-0.3, -0.25) is 9.52 Å². The minimum Gasteiger partial charge on any atom is -0.494 e. The molecule has 3 rings (SSSR count). The van der Waals surface area contributed by atoms with E-state index in [1.807, 2.05) is 11.6 Å². The third-order valence-electron chi connectivity index (χ3n) is 4.58. The molecule has 0 saturated heterocycles. The van der Waals surface area contributed by atoms with Crippen LogP contribution < -0.4 is 14.2 Å². The van der Waals surface area contributed by atoms with Crippen LogP contribution in [0.15, 0.2) is 88.7 Å². The molecular formula is C23H24N2O6S2. The van der Waals surface area contributed by atoms with E-state index in [0.717, 1.165) is 12.8 Å². The minimum atomic E-state index is -4.13. The molecule has 174 valence electrons. The number of rotatable bonds is 10. The number of carbonyl (C=O) groups is 1. The molecule has 2 N–H and O–H groups in total. The molecule has 0 heterocycles. The molecule has 0 fully saturated rings. The molecule has 0 radical (unpaired) electrons. The van der Waals surface area contributed by atoms with Crippen molar-refractivity contribution in [3.8, 4) is 5.75 Å². The highest BCUT2D eigenvalue weighted by Crippen LogP contribution is 2.21. The third-order valence-corrected chi connectivity index (χ3v) is 7.32. The van der Waals surface area contributed by atoms with E-state index in [-0.39, 0.29) is 21.0 Å². The second-order valence-corrected chi connectivity index (χ2v) is 10.5. The van der Waals surface area contributed by atoms with Gasteiger partial charge >= 0.3 is 0 Å². The van der Waals surface area contributed by atoms with Crippen LogP contribution in [0.4, 0.5) is 5.69 Å². The fourth-order valence-electron chi connectivity index (χ4n) is 2.79. The number of ether oxygens (including phenoxy) is 1. The molecule has 1 amide bonds. The fraction of sp³-hybridized carbons (Fsp3) is 0.174. The molecule has 10 heteroatoms. The monoisotopic (exact) mass is 488 g/mol. The van der Waals surface area contributed by atoms with E-state index in [1.54, 1.807) is 30.3 Å². The van der Waals surface area contributed by atoms with Crippen LogP contribution in [0.25, 0.3) is 0 Å². The average Bonchev–Trinajstić information content (AvgIpc) is 2.80. The Bertz CT molecular complexity index is 1290. The molecule has 0 aromatic heterocycles. The normalized spacial score (nSPS) is 11.5. The summed E-state index contributed by atoms with van der Waals surface area (Å²) >= 11 is 0. The molecule has 0 bridgehead atoms. The van der Waals surface area contributed by atoms with Crippen LogP contribution in [0.3, 0.4) is 0 Å². The van der Waals surface area contributed by atoms with Gasteiger partial charge < -0.3 is 4.74 Å². The Hall–Kier alpha value is -3.37. The van der Waals surface area contributed by atoms with Crippen molar-refractivity contribution in [3.05, 3.63) is 84.4 Å². The van der Waals surface area contributed by atoms with Gasteiger partial charge in [-0.05, 0) is 67.1 Å². The van der Waals surface area contributed by atoms with E-state index in [0.29, 0.717) is 12.4 Å². The van der Waals surface area contributed by atoms with Gasteiger partial charge in [0.25, 0.3) is 26.0 Å². The second kappa shape index (κ2) is 10.5. The van der Waals surface area contributed by atoms with Gasteiger partial charge in [-0.1, -0.05) is 31.5 Å². The van der Waals surface area contributed by atoms with Gasteiger partial charge in [0.1, 0.15) is 5.75 Å². The molecule has 0 aliphatic carbocycles. The summed E-state index contributed by atoms with van der Waals surface area (Å²) in [5.41, 5.74) is 0.374. The van der Waals surface area contributed by atoms with E-state index >= 15 is 0 Å². The number of nitrogens with one attached hydrogen (secondary N) is 2. The van der Waals surface area contributed by atoms with Crippen molar-refractivity contribution in [2.24, 2.45) is 0 Å². The molecule has 8 nitrogen and oxygen atoms in total. The van der Waals surface area contributed by atoms with E-state index in [9.17, 15) is 21.6 Å². The highest BCUT2D eigenvalue weighted by Gasteiger charge is 2.19. The van der Waals surface area contributed by atoms with Crippen molar-refractivity contribution < 1.29 is 26.4 Å². The van der Waals surface area contributed by atoms with Gasteiger partial charge in [0.15, 0.2) is 0 Å². The van der Waals surface area contributed by atoms with Gasteiger partial charge in [0.2, 0.25) is 0 Å². The standard InChI is InChI=1S/C23H24N2O6S2/c1-2-3-17-31-20-11-15-22(16-12-20)32(27,28)24-19-9-13-21(14-10-19)33(29,30)25-23(26)18-7-5-4-6-8-18/h4-16,24H,2-3,17H2,1H3,(H,25,26). The van der Waals surface area contributed by atoms with Crippen LogP contribution in [0.1, 0.15) is 30.1 Å². The van der Waals surface area contributed by atoms with Crippen LogP contribution in [0.2, 0.25) is 0 Å². The lowest BCUT2D eigenvalue weighted by atomic mass is 10.2. The second-order valence-electron chi connectivity index (χ2n) is 7.10. The Morgan fingerprint density at radius 3 is 1.97 bits per heavy atom. The number of amides is 1. The van der Waals surface area contributed by atoms with Gasteiger partial charge in [0.05, 0.1) is 16.4 Å². The number of unbranched alkanes of at least 4 members (excludes halogenated alkanes) is 1. The van der Waals surface area contributed by atoms with Crippen LogP contribution in [-0.2, 0) is 20.0 Å². The Morgan fingerprint density at radius 2 is 1.36 bits per heavy atom. The average molecular weight is 489 g/mol. The zero-order valence-electron chi connectivity index (χ0n) is 17.9. The molecule has 0 spiro atoms. The lowest BCUT2D eigenvalue weighted by Crippen LogP contribution is -2.30. The van der Waals surface area contributed by atoms with E-state index in [1.165, 1.54) is 48.5 Å². The molecule has 0 atom stereocenters. The number of sulfonamides is 2. The summed E-state index contributed by atoms with van der Waals surface area (Å²) in [5.74, 6) is -0.183. The van der Waals surface area contributed by atoms with Crippen LogP contribution in [0, 0.1) is 0 Å². The predicted octanol–water partition coefficient (Wildman–Crippen LogP) is 3.79. The summed E-state index contributed by atoms with van der Waals surface area (Å²) < 4.78 is 60.1. The molecule has 0 unspecified atom stereocenters. The maximum absolute atomic E-state index is 12.6. The number of hydrogen-bond acceptors (Lipinski definition) is 6. The number of carbonyl (C=O) groups excluding carboxylic acids is 1. The van der Waals surface area contributed by atoms with Crippen molar-refractivity contribution in [1.29, 1.82) is 0 Å². The van der Waals surface area contributed by atoms with Crippen LogP contribution in [-0.4, -0.2) is 29.3 Å². The summed E-state index contributed by atoms with van der Waals surface area (Å²) in [6.07, 6.45) is 1.90. The molecule has 0 aliphatic rings. The maximum Gasteiger partial charge on any atom is 0.264 e. The largest absolute Gasteiger partial charge is 0.494 e. The topological polar surface area (TPSA) is 119 Å². The third kappa shape index (κ3) is 6.56. The Morgan fingerprint density at radius 1 is 0.788 bits per heavy atom. The van der Waals surface area contributed by atoms with E-state index in [4.69, 9.17) is 4.74 Å². The molecular weight excluding hydrogens is 464 g/mol. The predicted molar refractivity (Wildman–Crippen MR) is 125 cm³/mol. The summed E-state index contributed by atoms with van der Waals surface area (Å²) in [6, 6.07) is 19.0. The van der Waals surface area contributed by atoms with Crippen LogP contribution in [0.5, 0.6) is 5.75 Å². The first-order valence-electron chi connectivity index (χ1n) is 10.2. The van der Waals surface area contributed by atoms with E-state index in [2.05, 4.69) is 4.72 Å². The number of anilines is 1. The first-order chi connectivity index (χ1) is 15.7. The van der Waals surface area contributed by atoms with Crippen molar-refractivity contribution in [1.82, 2.24) is 4.72 Å². The zero-order chi connectivity index (χ0) is 23.9. The molecule has 33 heavy (non-hydrogen) atoms. The molecule has 3 aromatic rings. The van der Waals surface area contributed by atoms with Crippen LogP contribution >= 0.6 is 0 Å². The van der Waals surface area contributed by atoms with Gasteiger partial charge in [0, 0.05) is 11.3 Å². The SMILES string of the molecule is CCCCOc1ccc(S(=O)(=O)Nc2ccc(S(=O)(=O)NC(=O)c3ccccc3)cc2)cc1. The Kier molecular flexibility index (Phi) is 7.72. The van der Waals surface area contributed by atoms with Crippen molar-refractivity contribution in [2.45, 2.75) is 29.6 Å². The van der Waals surface area contributed by atoms with Crippen molar-refractivity contribution in [2.75, 3.05) is 11.3 Å².